The molecule has 3 nitrogen and oxygen atoms in total. The van der Waals surface area contributed by atoms with Crippen molar-refractivity contribution in [1.82, 2.24) is 16.0 Å². The van der Waals surface area contributed by atoms with Crippen LogP contribution in [0.2, 0.25) is 0 Å². The van der Waals surface area contributed by atoms with Gasteiger partial charge in [0.1, 0.15) is 0 Å². The molecule has 0 aromatic carbocycles. The molecule has 0 aromatic heterocycles. The Morgan fingerprint density at radius 1 is 0.688 bits per heavy atom. The number of nitrogens with one attached hydrogen (secondary N) is 2. The molecule has 2 saturated carbocycles. The first-order valence-electron chi connectivity index (χ1n) is 6.93. The minimum atomic E-state index is 0.318. The smallest absolute Gasteiger partial charge is 0.217 e. The molecule has 0 aromatic rings. The van der Waals surface area contributed by atoms with Crippen molar-refractivity contribution in [3.63, 3.8) is 0 Å². The van der Waals surface area contributed by atoms with Crippen LogP contribution in [0.4, 0.5) is 0 Å². The quantitative estimate of drug-likeness (QED) is 0.554. The van der Waals surface area contributed by atoms with Crippen LogP contribution < -0.4 is 16.0 Å². The highest BCUT2D eigenvalue weighted by Crippen LogP contribution is 2.18. The highest BCUT2D eigenvalue weighted by atomic mass is 15.2. The summed E-state index contributed by atoms with van der Waals surface area (Å²) in [5, 5.41) is 16.3. The van der Waals surface area contributed by atoms with Crippen LogP contribution in [-0.4, -0.2) is 18.0 Å². The van der Waals surface area contributed by atoms with E-state index in [0.29, 0.717) is 18.0 Å². The summed E-state index contributed by atoms with van der Waals surface area (Å²) >= 11 is 0. The van der Waals surface area contributed by atoms with Crippen LogP contribution in [0, 0.1) is 0 Å². The summed E-state index contributed by atoms with van der Waals surface area (Å²) in [5.74, 6) is 0.318. The van der Waals surface area contributed by atoms with Gasteiger partial charge in [0.2, 0.25) is 5.96 Å². The molecule has 2 rings (SSSR count). The number of hydrogen-bond acceptors (Lipinski definition) is 0. The van der Waals surface area contributed by atoms with Crippen molar-refractivity contribution in [2.75, 3.05) is 0 Å². The summed E-state index contributed by atoms with van der Waals surface area (Å²) in [5.41, 5.74) is 0. The first-order valence-corrected chi connectivity index (χ1v) is 6.93. The molecule has 2 aliphatic carbocycles. The molecule has 1 radical (unpaired) electrons. The number of nitrogens with zero attached hydrogens (tertiary/aromatic N) is 1. The molecule has 91 valence electrons. The van der Waals surface area contributed by atoms with Crippen LogP contribution in [-0.2, 0) is 0 Å². The molecular formula is C13H24N3. The lowest BCUT2D eigenvalue weighted by molar-refractivity contribution is 0.389. The summed E-state index contributed by atoms with van der Waals surface area (Å²) in [6.45, 7) is 0. The highest BCUT2D eigenvalue weighted by Gasteiger charge is 2.17. The van der Waals surface area contributed by atoms with Crippen molar-refractivity contribution in [1.29, 1.82) is 0 Å². The molecular weight excluding hydrogens is 198 g/mol. The molecule has 0 aliphatic heterocycles. The topological polar surface area (TPSA) is 46.4 Å². The van der Waals surface area contributed by atoms with Crippen molar-refractivity contribution in [3.8, 4) is 0 Å². The summed E-state index contributed by atoms with van der Waals surface area (Å²) < 4.78 is 0. The maximum atomic E-state index is 9.85. The monoisotopic (exact) mass is 222 g/mol. The Bertz CT molecular complexity index is 193. The van der Waals surface area contributed by atoms with Gasteiger partial charge in [0.25, 0.3) is 0 Å². The summed E-state index contributed by atoms with van der Waals surface area (Å²) in [4.78, 5) is 0. The Balaban J connectivity index is 1.66. The molecule has 0 unspecified atom stereocenters. The van der Waals surface area contributed by atoms with E-state index < -0.39 is 0 Å². The van der Waals surface area contributed by atoms with Crippen LogP contribution in [0.15, 0.2) is 0 Å². The fourth-order valence-corrected chi connectivity index (χ4v) is 2.92. The van der Waals surface area contributed by atoms with Gasteiger partial charge in [-0.05, 0) is 25.7 Å². The Hall–Kier alpha value is -0.730. The lowest BCUT2D eigenvalue weighted by atomic mass is 9.95. The van der Waals surface area contributed by atoms with Gasteiger partial charge in [0.05, 0.1) is 0 Å². The summed E-state index contributed by atoms with van der Waals surface area (Å²) in [6, 6.07) is 0.981. The van der Waals surface area contributed by atoms with Gasteiger partial charge in [0.15, 0.2) is 0 Å². The molecule has 0 spiro atoms. The van der Waals surface area contributed by atoms with Crippen LogP contribution in [0.25, 0.3) is 0 Å². The third kappa shape index (κ3) is 3.69. The zero-order chi connectivity index (χ0) is 11.2. The molecule has 0 amide bonds. The van der Waals surface area contributed by atoms with Crippen LogP contribution in [0.5, 0.6) is 0 Å². The first kappa shape index (κ1) is 11.7. The van der Waals surface area contributed by atoms with Crippen molar-refractivity contribution < 1.29 is 0 Å². The molecule has 3 heteroatoms. The van der Waals surface area contributed by atoms with E-state index in [9.17, 15) is 5.41 Å². The molecule has 0 atom stereocenters. The van der Waals surface area contributed by atoms with E-state index in [0.717, 1.165) is 0 Å². The van der Waals surface area contributed by atoms with Crippen LogP contribution in [0.3, 0.4) is 0 Å². The van der Waals surface area contributed by atoms with Crippen molar-refractivity contribution in [2.45, 2.75) is 76.3 Å². The van der Waals surface area contributed by atoms with Crippen molar-refractivity contribution in [3.05, 3.63) is 0 Å². The molecule has 0 heterocycles. The van der Waals surface area contributed by atoms with E-state index in [1.54, 1.807) is 0 Å². The Morgan fingerprint density at radius 3 is 1.44 bits per heavy atom. The van der Waals surface area contributed by atoms with E-state index in [2.05, 4.69) is 10.6 Å². The highest BCUT2D eigenvalue weighted by molar-refractivity contribution is 5.78. The fraction of sp³-hybridized carbons (Fsp3) is 0.923. The third-order valence-electron chi connectivity index (χ3n) is 3.89. The van der Waals surface area contributed by atoms with E-state index >= 15 is 0 Å². The average Bonchev–Trinajstić information content (AvgIpc) is 2.31. The number of hydrogen-bond donors (Lipinski definition) is 2. The van der Waals surface area contributed by atoms with Crippen molar-refractivity contribution in [2.24, 2.45) is 0 Å². The molecule has 2 N–H and O–H groups in total. The third-order valence-corrected chi connectivity index (χ3v) is 3.89. The van der Waals surface area contributed by atoms with E-state index in [4.69, 9.17) is 0 Å². The van der Waals surface area contributed by atoms with Gasteiger partial charge in [-0.1, -0.05) is 38.5 Å². The van der Waals surface area contributed by atoms with Crippen molar-refractivity contribution >= 4 is 5.96 Å². The lowest BCUT2D eigenvalue weighted by Gasteiger charge is -2.27. The molecule has 2 aliphatic rings. The molecule has 0 saturated heterocycles. The maximum absolute atomic E-state index is 9.85. The van der Waals surface area contributed by atoms with E-state index in [-0.39, 0.29) is 0 Å². The minimum absolute atomic E-state index is 0.318. The van der Waals surface area contributed by atoms with Gasteiger partial charge in [-0.15, -0.1) is 5.41 Å². The second-order valence-corrected chi connectivity index (χ2v) is 5.31. The average molecular weight is 222 g/mol. The normalized spacial score (nSPS) is 24.0. The standard InChI is InChI=1S/C13H24N3/c14-13(15-11-7-3-1-4-8-11)16-12-9-5-2-6-10-12/h11-12,15-16H,1-10H2. The van der Waals surface area contributed by atoms with Gasteiger partial charge in [-0.25, -0.2) is 0 Å². The molecule has 2 fully saturated rings. The number of guanidine groups is 1. The summed E-state index contributed by atoms with van der Waals surface area (Å²) in [6.07, 6.45) is 12.7. The summed E-state index contributed by atoms with van der Waals surface area (Å²) in [7, 11) is 0. The largest absolute Gasteiger partial charge is 0.352 e. The molecule has 0 bridgehead atoms. The second kappa shape index (κ2) is 6.12. The fourth-order valence-electron chi connectivity index (χ4n) is 2.92. The maximum Gasteiger partial charge on any atom is 0.217 e. The van der Waals surface area contributed by atoms with Gasteiger partial charge < -0.3 is 10.6 Å². The zero-order valence-electron chi connectivity index (χ0n) is 10.2. The predicted molar refractivity (Wildman–Crippen MR) is 67.2 cm³/mol. The van der Waals surface area contributed by atoms with E-state index in [1.807, 2.05) is 0 Å². The number of rotatable bonds is 2. The lowest BCUT2D eigenvalue weighted by Crippen LogP contribution is -2.48. The van der Waals surface area contributed by atoms with Gasteiger partial charge >= 0.3 is 0 Å². The van der Waals surface area contributed by atoms with E-state index in [1.165, 1.54) is 64.2 Å². The Labute approximate surface area is 98.9 Å². The predicted octanol–water partition coefficient (Wildman–Crippen LogP) is 1.99. The molecule has 16 heavy (non-hydrogen) atoms. The van der Waals surface area contributed by atoms with Gasteiger partial charge in [-0.3, -0.25) is 0 Å². The van der Waals surface area contributed by atoms with Gasteiger partial charge in [0, 0.05) is 12.1 Å². The Kier molecular flexibility index (Phi) is 4.49. The van der Waals surface area contributed by atoms with Crippen LogP contribution >= 0.6 is 0 Å². The van der Waals surface area contributed by atoms with Gasteiger partial charge in [-0.2, -0.15) is 0 Å². The zero-order valence-corrected chi connectivity index (χ0v) is 10.2. The van der Waals surface area contributed by atoms with Crippen LogP contribution in [0.1, 0.15) is 64.2 Å². The Morgan fingerprint density at radius 2 is 1.06 bits per heavy atom. The second-order valence-electron chi connectivity index (χ2n) is 5.31. The first-order chi connectivity index (χ1) is 7.84. The minimum Gasteiger partial charge on any atom is -0.352 e. The SMILES string of the molecule is [N]=C(NC1CCCCC1)NC1CCCCC1.